The van der Waals surface area contributed by atoms with Gasteiger partial charge in [0, 0.05) is 10.8 Å². The first-order valence-corrected chi connectivity index (χ1v) is 24.6. The summed E-state index contributed by atoms with van der Waals surface area (Å²) in [4.78, 5) is 0. The lowest BCUT2D eigenvalue weighted by Gasteiger charge is -2.72. The van der Waals surface area contributed by atoms with E-state index in [1.54, 1.807) is 0 Å². The number of hydrogen-bond acceptors (Lipinski definition) is 19. The molecular formula is C48H80O19. The largest absolute Gasteiger partial charge is 0.394 e. The van der Waals surface area contributed by atoms with E-state index in [9.17, 15) is 66.4 Å². The molecule has 0 aromatic carbocycles. The molecule has 8 aliphatic rings. The predicted molar refractivity (Wildman–Crippen MR) is 233 cm³/mol. The molecule has 19 nitrogen and oxygen atoms in total. The van der Waals surface area contributed by atoms with Crippen molar-refractivity contribution >= 4 is 0 Å². The quantitative estimate of drug-likeness (QED) is 0.106. The maximum atomic E-state index is 12.6. The smallest absolute Gasteiger partial charge is 0.186 e. The first-order valence-electron chi connectivity index (χ1n) is 24.6. The van der Waals surface area contributed by atoms with Crippen LogP contribution < -0.4 is 0 Å². The van der Waals surface area contributed by atoms with Gasteiger partial charge in [0.05, 0.1) is 45.2 Å². The maximum Gasteiger partial charge on any atom is 0.186 e. The van der Waals surface area contributed by atoms with E-state index >= 15 is 0 Å². The van der Waals surface area contributed by atoms with Crippen LogP contribution >= 0.6 is 0 Å². The Balaban J connectivity index is 1.01. The summed E-state index contributed by atoms with van der Waals surface area (Å²) in [6, 6.07) is 0. The van der Waals surface area contributed by atoms with Crippen LogP contribution in [0, 0.1) is 50.2 Å². The summed E-state index contributed by atoms with van der Waals surface area (Å²) in [5, 5.41) is 140. The number of fused-ring (bicyclic) bond motifs is 7. The third kappa shape index (κ3) is 8.42. The van der Waals surface area contributed by atoms with E-state index in [4.69, 9.17) is 28.4 Å². The van der Waals surface area contributed by atoms with Gasteiger partial charge in [0.2, 0.25) is 0 Å². The van der Waals surface area contributed by atoms with E-state index in [0.29, 0.717) is 19.3 Å². The van der Waals surface area contributed by atoms with Crippen LogP contribution in [-0.4, -0.2) is 204 Å². The molecule has 67 heavy (non-hydrogen) atoms. The average molecular weight is 961 g/mol. The zero-order valence-corrected chi connectivity index (χ0v) is 39.8. The van der Waals surface area contributed by atoms with E-state index in [1.807, 2.05) is 6.92 Å². The summed E-state index contributed by atoms with van der Waals surface area (Å²) in [5.41, 5.74) is -1.33. The van der Waals surface area contributed by atoms with Crippen LogP contribution in [0.5, 0.6) is 0 Å². The maximum absolute atomic E-state index is 12.6. The number of aliphatic hydroxyl groups is 13. The second kappa shape index (κ2) is 18.8. The fraction of sp³-hybridized carbons (Fsp3) is 0.958. The van der Waals surface area contributed by atoms with Crippen molar-refractivity contribution in [3.63, 3.8) is 0 Å². The minimum absolute atomic E-state index is 0.0417. The molecule has 3 heterocycles. The number of hydrogen-bond donors (Lipinski definition) is 13. The highest BCUT2D eigenvalue weighted by Gasteiger charge is 2.71. The molecule has 0 aromatic heterocycles. The third-order valence-electron chi connectivity index (χ3n) is 19.5. The average Bonchev–Trinajstić information content (AvgIpc) is 3.28. The van der Waals surface area contributed by atoms with E-state index in [1.165, 1.54) is 5.57 Å². The van der Waals surface area contributed by atoms with Crippen LogP contribution in [0.15, 0.2) is 11.6 Å². The standard InChI is InChI=1S/C48H80O19/c1-43(2)13-14-48(21-64-42-38(60)35(57)32(54)25(18-50)66-42)23(15-43)22-7-8-28-44(3)11-10-29(51)45(4,27(44)9-12-46(28,5)47(22,6)16-30(48)52)20-63-41-39(61)36(58)33(55)26(67-41)19-62-40-37(59)34(56)31(53)24(17-49)65-40/h7,23-42,49-61H,8-21H2,1-6H3. The highest BCUT2D eigenvalue weighted by molar-refractivity contribution is 5.35. The third-order valence-corrected chi connectivity index (χ3v) is 19.5. The highest BCUT2D eigenvalue weighted by atomic mass is 16.7. The zero-order valence-electron chi connectivity index (χ0n) is 39.8. The van der Waals surface area contributed by atoms with Crippen LogP contribution in [0.2, 0.25) is 0 Å². The lowest BCUT2D eigenvalue weighted by molar-refractivity contribution is -0.336. The highest BCUT2D eigenvalue weighted by Crippen LogP contribution is 2.76. The van der Waals surface area contributed by atoms with E-state index < -0.39 is 140 Å². The summed E-state index contributed by atoms with van der Waals surface area (Å²) in [7, 11) is 0. The molecule has 386 valence electrons. The van der Waals surface area contributed by atoms with Crippen LogP contribution in [0.1, 0.15) is 99.3 Å². The summed E-state index contributed by atoms with van der Waals surface area (Å²) < 4.78 is 35.4. The van der Waals surface area contributed by atoms with Crippen molar-refractivity contribution in [1.82, 2.24) is 0 Å². The lowest BCUT2D eigenvalue weighted by atomic mass is 9.33. The van der Waals surface area contributed by atoms with Gasteiger partial charge in [-0.1, -0.05) is 53.2 Å². The van der Waals surface area contributed by atoms with Gasteiger partial charge >= 0.3 is 0 Å². The van der Waals surface area contributed by atoms with Crippen molar-refractivity contribution in [3.05, 3.63) is 11.6 Å². The molecular weight excluding hydrogens is 881 g/mol. The number of rotatable bonds is 11. The van der Waals surface area contributed by atoms with Crippen LogP contribution in [0.25, 0.3) is 0 Å². The molecule has 4 saturated carbocycles. The number of allylic oxidation sites excluding steroid dienone is 2. The fourth-order valence-corrected chi connectivity index (χ4v) is 15.0. The monoisotopic (exact) mass is 961 g/mol. The molecule has 7 fully saturated rings. The molecule has 3 aliphatic heterocycles. The second-order valence-electron chi connectivity index (χ2n) is 23.6. The Hall–Kier alpha value is -1.02. The minimum Gasteiger partial charge on any atom is -0.394 e. The normalized spacial score (nSPS) is 55.4. The van der Waals surface area contributed by atoms with Crippen LogP contribution in [-0.2, 0) is 28.4 Å². The Labute approximate surface area is 392 Å². The molecule has 0 bridgehead atoms. The lowest BCUT2D eigenvalue weighted by Crippen LogP contribution is -2.68. The molecule has 5 aliphatic carbocycles. The molecule has 25 atom stereocenters. The first kappa shape index (κ1) is 52.3. The van der Waals surface area contributed by atoms with Gasteiger partial charge in [-0.2, -0.15) is 0 Å². The SMILES string of the molecule is CC1(C)CCC2(COC3OC(CO)C(O)C(O)C3O)C(O)CC3(C)C(=CCC4C5(C)CCC(O)C(C)(COC6OC(COC7OC(CO)C(O)C(O)C7O)C(O)C(O)C6O)C5CCC43C)C2C1. The number of aliphatic hydroxyl groups excluding tert-OH is 13. The van der Waals surface area contributed by atoms with Crippen LogP contribution in [0.3, 0.4) is 0 Å². The van der Waals surface area contributed by atoms with E-state index in [2.05, 4.69) is 40.7 Å². The summed E-state index contributed by atoms with van der Waals surface area (Å²) >= 11 is 0. The molecule has 19 heteroatoms. The minimum atomic E-state index is -1.73. The van der Waals surface area contributed by atoms with Gasteiger partial charge < -0.3 is 94.8 Å². The summed E-state index contributed by atoms with van der Waals surface area (Å²) in [6.45, 7) is 11.7. The summed E-state index contributed by atoms with van der Waals surface area (Å²) in [6.07, 6.45) is -15.6. The van der Waals surface area contributed by atoms with Crippen molar-refractivity contribution in [2.45, 2.75) is 204 Å². The molecule has 0 spiro atoms. The van der Waals surface area contributed by atoms with Crippen molar-refractivity contribution in [1.29, 1.82) is 0 Å². The van der Waals surface area contributed by atoms with Gasteiger partial charge in [-0.15, -0.1) is 0 Å². The predicted octanol–water partition coefficient (Wildman–Crippen LogP) is -1.44. The topological polar surface area (TPSA) is 318 Å². The molecule has 0 aromatic rings. The van der Waals surface area contributed by atoms with Gasteiger partial charge in [-0.05, 0) is 97.2 Å². The van der Waals surface area contributed by atoms with Crippen molar-refractivity contribution in [2.24, 2.45) is 50.2 Å². The molecule has 25 unspecified atom stereocenters. The van der Waals surface area contributed by atoms with Gasteiger partial charge in [-0.25, -0.2) is 0 Å². The Morgan fingerprint density at radius 2 is 1.06 bits per heavy atom. The Kier molecular flexibility index (Phi) is 14.7. The molecule has 8 rings (SSSR count). The fourth-order valence-electron chi connectivity index (χ4n) is 15.0. The van der Waals surface area contributed by atoms with Gasteiger partial charge in [-0.3, -0.25) is 0 Å². The summed E-state index contributed by atoms with van der Waals surface area (Å²) in [5.74, 6) is 0.000725. The van der Waals surface area contributed by atoms with Gasteiger partial charge in [0.1, 0.15) is 73.2 Å². The molecule has 0 radical (unpaired) electrons. The van der Waals surface area contributed by atoms with Gasteiger partial charge in [0.15, 0.2) is 18.9 Å². The molecule has 13 N–H and O–H groups in total. The molecule has 3 saturated heterocycles. The van der Waals surface area contributed by atoms with Crippen molar-refractivity contribution < 1.29 is 94.8 Å². The van der Waals surface area contributed by atoms with E-state index in [-0.39, 0.29) is 47.2 Å². The number of ether oxygens (including phenoxy) is 6. The van der Waals surface area contributed by atoms with Gasteiger partial charge in [0.25, 0.3) is 0 Å². The van der Waals surface area contributed by atoms with E-state index in [0.717, 1.165) is 38.5 Å². The Bertz CT molecular complexity index is 1770. The van der Waals surface area contributed by atoms with Crippen molar-refractivity contribution in [2.75, 3.05) is 33.0 Å². The second-order valence-corrected chi connectivity index (χ2v) is 23.6. The Morgan fingerprint density at radius 1 is 0.537 bits per heavy atom. The molecule has 0 amide bonds. The van der Waals surface area contributed by atoms with Crippen molar-refractivity contribution in [3.8, 4) is 0 Å². The Morgan fingerprint density at radius 3 is 1.63 bits per heavy atom. The van der Waals surface area contributed by atoms with Crippen LogP contribution in [0.4, 0.5) is 0 Å². The zero-order chi connectivity index (χ0) is 49.0. The first-order chi connectivity index (χ1) is 31.3.